The molecule has 0 aliphatic carbocycles. The fourth-order valence-corrected chi connectivity index (χ4v) is 6.00. The Kier molecular flexibility index (Phi) is 5.49. The number of anilines is 1. The van der Waals surface area contributed by atoms with Gasteiger partial charge in [-0.05, 0) is 43.5 Å². The van der Waals surface area contributed by atoms with Crippen molar-refractivity contribution in [2.24, 2.45) is 0 Å². The van der Waals surface area contributed by atoms with Crippen LogP contribution >= 0.6 is 0 Å². The van der Waals surface area contributed by atoms with Gasteiger partial charge in [-0.15, -0.1) is 0 Å². The van der Waals surface area contributed by atoms with Gasteiger partial charge in [-0.2, -0.15) is 0 Å². The van der Waals surface area contributed by atoms with Crippen LogP contribution in [0, 0.1) is 6.92 Å². The Morgan fingerprint density at radius 1 is 0.929 bits per heavy atom. The number of sulfone groups is 1. The largest absolute Gasteiger partial charge is 0.339 e. The van der Waals surface area contributed by atoms with Crippen LogP contribution in [0.15, 0.2) is 52.3 Å². The lowest BCUT2D eigenvalue weighted by molar-refractivity contribution is 0.0793. The third-order valence-corrected chi connectivity index (χ3v) is 7.37. The first-order chi connectivity index (χ1) is 13.1. The van der Waals surface area contributed by atoms with E-state index in [4.69, 9.17) is 0 Å². The zero-order valence-electron chi connectivity index (χ0n) is 15.7. The minimum Gasteiger partial charge on any atom is -0.339 e. The minimum atomic E-state index is -4.22. The number of benzene rings is 2. The molecule has 0 unspecified atom stereocenters. The molecule has 1 aliphatic heterocycles. The molecule has 0 spiro atoms. The highest BCUT2D eigenvalue weighted by atomic mass is 32.2. The number of nitrogens with zero attached hydrogens (tertiary/aromatic N) is 1. The van der Waals surface area contributed by atoms with Crippen LogP contribution in [-0.2, 0) is 19.9 Å². The van der Waals surface area contributed by atoms with E-state index in [0.717, 1.165) is 19.1 Å². The van der Waals surface area contributed by atoms with Crippen molar-refractivity contribution in [2.45, 2.75) is 29.6 Å². The molecule has 1 saturated heterocycles. The Labute approximate surface area is 165 Å². The van der Waals surface area contributed by atoms with Crippen molar-refractivity contribution in [3.05, 3.63) is 53.6 Å². The highest BCUT2D eigenvalue weighted by molar-refractivity contribution is 7.95. The van der Waals surface area contributed by atoms with Crippen molar-refractivity contribution in [3.8, 4) is 0 Å². The summed E-state index contributed by atoms with van der Waals surface area (Å²) >= 11 is 0. The molecule has 1 N–H and O–H groups in total. The maximum atomic E-state index is 13.0. The lowest BCUT2D eigenvalue weighted by Crippen LogP contribution is -2.29. The molecule has 1 heterocycles. The van der Waals surface area contributed by atoms with Crippen LogP contribution in [0.3, 0.4) is 0 Å². The number of carbonyl (C=O) groups excluding carboxylic acids is 1. The lowest BCUT2D eigenvalue weighted by Gasteiger charge is -2.20. The third-order valence-electron chi connectivity index (χ3n) is 4.66. The predicted octanol–water partition coefficient (Wildman–Crippen LogP) is 2.44. The Morgan fingerprint density at radius 3 is 2.14 bits per heavy atom. The molecule has 0 atom stereocenters. The molecule has 2 aromatic rings. The number of sulfonamides is 1. The van der Waals surface area contributed by atoms with Crippen molar-refractivity contribution in [1.82, 2.24) is 4.90 Å². The SMILES string of the molecule is Cc1cccc(NS(=O)(=O)c2ccccc2S(C)(=O)=O)c1C(=O)N1CCCC1. The molecular formula is C19H22N2O5S2. The van der Waals surface area contributed by atoms with Crippen LogP contribution in [0.2, 0.25) is 0 Å². The summed E-state index contributed by atoms with van der Waals surface area (Å²) in [4.78, 5) is 14.0. The van der Waals surface area contributed by atoms with Gasteiger partial charge in [-0.25, -0.2) is 16.8 Å². The number of carbonyl (C=O) groups is 1. The molecule has 0 saturated carbocycles. The van der Waals surface area contributed by atoms with E-state index in [-0.39, 0.29) is 26.9 Å². The number of amides is 1. The Bertz CT molecular complexity index is 1120. The minimum absolute atomic E-state index is 0.139. The highest BCUT2D eigenvalue weighted by Crippen LogP contribution is 2.28. The number of aryl methyl sites for hydroxylation is 1. The van der Waals surface area contributed by atoms with Gasteiger partial charge in [-0.1, -0.05) is 24.3 Å². The van der Waals surface area contributed by atoms with E-state index in [9.17, 15) is 21.6 Å². The van der Waals surface area contributed by atoms with E-state index in [2.05, 4.69) is 4.72 Å². The van der Waals surface area contributed by atoms with Gasteiger partial charge in [0.25, 0.3) is 15.9 Å². The second kappa shape index (κ2) is 7.56. The maximum absolute atomic E-state index is 13.0. The molecule has 0 aromatic heterocycles. The molecule has 2 aromatic carbocycles. The Balaban J connectivity index is 2.05. The number of likely N-dealkylation sites (tertiary alicyclic amines) is 1. The smallest absolute Gasteiger partial charge is 0.263 e. The van der Waals surface area contributed by atoms with Crippen LogP contribution in [-0.4, -0.2) is 47.0 Å². The van der Waals surface area contributed by atoms with Gasteiger partial charge >= 0.3 is 0 Å². The zero-order chi connectivity index (χ0) is 20.5. The molecular weight excluding hydrogens is 400 g/mol. The molecule has 1 aliphatic rings. The Hall–Kier alpha value is -2.39. The summed E-state index contributed by atoms with van der Waals surface area (Å²) in [6, 6.07) is 10.3. The van der Waals surface area contributed by atoms with Crippen molar-refractivity contribution < 1.29 is 21.6 Å². The molecule has 150 valence electrons. The summed E-state index contributed by atoms with van der Waals surface area (Å²) in [5.41, 5.74) is 1.07. The van der Waals surface area contributed by atoms with Crippen LogP contribution in [0.25, 0.3) is 0 Å². The van der Waals surface area contributed by atoms with Crippen LogP contribution < -0.4 is 4.72 Å². The van der Waals surface area contributed by atoms with Crippen molar-refractivity contribution in [3.63, 3.8) is 0 Å². The van der Waals surface area contributed by atoms with Crippen LogP contribution in [0.5, 0.6) is 0 Å². The van der Waals surface area contributed by atoms with E-state index in [1.807, 2.05) is 0 Å². The average Bonchev–Trinajstić information content (AvgIpc) is 3.15. The number of rotatable bonds is 5. The van der Waals surface area contributed by atoms with E-state index in [1.165, 1.54) is 30.3 Å². The number of hydrogen-bond donors (Lipinski definition) is 1. The van der Waals surface area contributed by atoms with Crippen molar-refractivity contribution >= 4 is 31.5 Å². The molecule has 0 bridgehead atoms. The van der Waals surface area contributed by atoms with Gasteiger partial charge < -0.3 is 4.90 Å². The van der Waals surface area contributed by atoms with Crippen LogP contribution in [0.4, 0.5) is 5.69 Å². The predicted molar refractivity (Wildman–Crippen MR) is 107 cm³/mol. The summed E-state index contributed by atoms with van der Waals surface area (Å²) in [5.74, 6) is -0.232. The van der Waals surface area contributed by atoms with Gasteiger partial charge in [0, 0.05) is 19.3 Å². The molecule has 9 heteroatoms. The maximum Gasteiger partial charge on any atom is 0.263 e. The van der Waals surface area contributed by atoms with E-state index < -0.39 is 19.9 Å². The second-order valence-electron chi connectivity index (χ2n) is 6.82. The highest BCUT2D eigenvalue weighted by Gasteiger charge is 2.28. The first-order valence-corrected chi connectivity index (χ1v) is 12.2. The summed E-state index contributed by atoms with van der Waals surface area (Å²) in [6.07, 6.45) is 2.79. The quantitative estimate of drug-likeness (QED) is 0.798. The lowest BCUT2D eigenvalue weighted by atomic mass is 10.1. The van der Waals surface area contributed by atoms with Crippen molar-refractivity contribution in [1.29, 1.82) is 0 Å². The van der Waals surface area contributed by atoms with Gasteiger partial charge in [0.2, 0.25) is 0 Å². The summed E-state index contributed by atoms with van der Waals surface area (Å²) < 4.78 is 52.4. The summed E-state index contributed by atoms with van der Waals surface area (Å²) in [7, 11) is -7.97. The van der Waals surface area contributed by atoms with Crippen molar-refractivity contribution in [2.75, 3.05) is 24.1 Å². The summed E-state index contributed by atoms with van der Waals surface area (Å²) in [6.45, 7) is 3.01. The number of hydrogen-bond acceptors (Lipinski definition) is 5. The topological polar surface area (TPSA) is 101 Å². The Morgan fingerprint density at radius 2 is 1.54 bits per heavy atom. The molecule has 28 heavy (non-hydrogen) atoms. The van der Waals surface area contributed by atoms with Crippen LogP contribution in [0.1, 0.15) is 28.8 Å². The fourth-order valence-electron chi connectivity index (χ4n) is 3.29. The third kappa shape index (κ3) is 4.05. The molecule has 7 nitrogen and oxygen atoms in total. The van der Waals surface area contributed by atoms with E-state index >= 15 is 0 Å². The molecule has 0 radical (unpaired) electrons. The second-order valence-corrected chi connectivity index (χ2v) is 10.5. The van der Waals surface area contributed by atoms with Gasteiger partial charge in [0.15, 0.2) is 9.84 Å². The average molecular weight is 423 g/mol. The fraction of sp³-hybridized carbons (Fsp3) is 0.316. The molecule has 3 rings (SSSR count). The van der Waals surface area contributed by atoms with Gasteiger partial charge in [-0.3, -0.25) is 9.52 Å². The normalized spacial score (nSPS) is 14.9. The number of nitrogens with one attached hydrogen (secondary N) is 1. The first-order valence-electron chi connectivity index (χ1n) is 8.82. The first kappa shape index (κ1) is 20.3. The standard InChI is InChI=1S/C19H22N2O5S2/c1-14-8-7-9-15(18(14)19(22)21-12-5-6-13-21)20-28(25,26)17-11-4-3-10-16(17)27(2,23)24/h3-4,7-11,20H,5-6,12-13H2,1-2H3. The van der Waals surface area contributed by atoms with E-state index in [1.54, 1.807) is 24.0 Å². The van der Waals surface area contributed by atoms with Gasteiger partial charge in [0.1, 0.15) is 4.90 Å². The summed E-state index contributed by atoms with van der Waals surface area (Å²) in [5, 5.41) is 0. The van der Waals surface area contributed by atoms with E-state index in [0.29, 0.717) is 18.7 Å². The zero-order valence-corrected chi connectivity index (χ0v) is 17.3. The monoisotopic (exact) mass is 422 g/mol. The van der Waals surface area contributed by atoms with Gasteiger partial charge in [0.05, 0.1) is 16.1 Å². The molecule has 1 amide bonds. The molecule has 1 fully saturated rings.